The third-order valence-corrected chi connectivity index (χ3v) is 5.30. The first kappa shape index (κ1) is 13.3. The maximum Gasteiger partial charge on any atom is 0.260 e. The molecule has 1 amide bonds. The van der Waals surface area contributed by atoms with E-state index in [0.29, 0.717) is 25.9 Å². The summed E-state index contributed by atoms with van der Waals surface area (Å²) in [6.45, 7) is 1.19. The van der Waals surface area contributed by atoms with Crippen LogP contribution in [0.3, 0.4) is 0 Å². The number of halogens is 1. The number of hydrogen-bond acceptors (Lipinski definition) is 3. The van der Waals surface area contributed by atoms with Crippen LogP contribution in [0, 0.1) is 5.41 Å². The van der Waals surface area contributed by atoms with E-state index in [-0.39, 0.29) is 17.4 Å². The maximum absolute atomic E-state index is 13.7. The second-order valence-electron chi connectivity index (χ2n) is 6.44. The largest absolute Gasteiger partial charge is 0.339 e. The molecule has 0 atom stereocenters. The zero-order chi connectivity index (χ0) is 13.9. The SMILES string of the molecule is CS(=O)(=O)NC1CC2(CCN(C(=O)C3(F)CC3)C2)C1. The number of likely N-dealkylation sites (tertiary alicyclic amines) is 1. The molecule has 19 heavy (non-hydrogen) atoms. The summed E-state index contributed by atoms with van der Waals surface area (Å²) in [4.78, 5) is 13.5. The molecule has 5 nitrogen and oxygen atoms in total. The quantitative estimate of drug-likeness (QED) is 0.819. The summed E-state index contributed by atoms with van der Waals surface area (Å²) in [6.07, 6.45) is 4.23. The third kappa shape index (κ3) is 2.50. The highest BCUT2D eigenvalue weighted by Crippen LogP contribution is 2.50. The van der Waals surface area contributed by atoms with Gasteiger partial charge in [-0.15, -0.1) is 0 Å². The summed E-state index contributed by atoms with van der Waals surface area (Å²) in [6, 6.07) is -0.0229. The predicted octanol–water partition coefficient (Wildman–Crippen LogP) is 0.419. The topological polar surface area (TPSA) is 66.5 Å². The van der Waals surface area contributed by atoms with Gasteiger partial charge in [-0.3, -0.25) is 4.79 Å². The molecule has 0 aromatic heterocycles. The van der Waals surface area contributed by atoms with Crippen molar-refractivity contribution in [2.24, 2.45) is 5.41 Å². The number of alkyl halides is 1. The van der Waals surface area contributed by atoms with Gasteiger partial charge >= 0.3 is 0 Å². The van der Waals surface area contributed by atoms with E-state index in [1.807, 2.05) is 0 Å². The van der Waals surface area contributed by atoms with Gasteiger partial charge in [0.25, 0.3) is 5.91 Å². The first-order valence-corrected chi connectivity index (χ1v) is 8.56. The number of sulfonamides is 1. The fourth-order valence-electron chi connectivity index (χ4n) is 3.42. The molecule has 3 fully saturated rings. The van der Waals surface area contributed by atoms with Gasteiger partial charge in [-0.25, -0.2) is 17.5 Å². The molecule has 108 valence electrons. The van der Waals surface area contributed by atoms with Gasteiger partial charge in [-0.2, -0.15) is 0 Å². The lowest BCUT2D eigenvalue weighted by Gasteiger charge is -2.45. The van der Waals surface area contributed by atoms with Crippen molar-refractivity contribution in [1.29, 1.82) is 0 Å². The van der Waals surface area contributed by atoms with E-state index in [1.54, 1.807) is 4.90 Å². The summed E-state index contributed by atoms with van der Waals surface area (Å²) < 4.78 is 38.6. The normalized spacial score (nSPS) is 36.3. The number of amides is 1. The van der Waals surface area contributed by atoms with Crippen LogP contribution in [-0.2, 0) is 14.8 Å². The van der Waals surface area contributed by atoms with Crippen molar-refractivity contribution in [2.75, 3.05) is 19.3 Å². The summed E-state index contributed by atoms with van der Waals surface area (Å²) in [5.74, 6) is -0.358. The molecule has 0 aromatic rings. The summed E-state index contributed by atoms with van der Waals surface area (Å²) >= 11 is 0. The standard InChI is InChI=1S/C12H19FN2O3S/c1-19(17,18)14-9-6-11(7-9)4-5-15(8-11)10(16)12(13)2-3-12/h9,14H,2-8H2,1H3. The van der Waals surface area contributed by atoms with Crippen molar-refractivity contribution < 1.29 is 17.6 Å². The molecular formula is C12H19FN2O3S. The average molecular weight is 290 g/mol. The van der Waals surface area contributed by atoms with Gasteiger partial charge in [0.15, 0.2) is 5.67 Å². The second-order valence-corrected chi connectivity index (χ2v) is 8.22. The molecule has 1 N–H and O–H groups in total. The zero-order valence-corrected chi connectivity index (χ0v) is 11.8. The highest BCUT2D eigenvalue weighted by molar-refractivity contribution is 7.88. The Morgan fingerprint density at radius 2 is 1.95 bits per heavy atom. The van der Waals surface area contributed by atoms with Gasteiger partial charge in [0, 0.05) is 19.1 Å². The van der Waals surface area contributed by atoms with E-state index in [1.165, 1.54) is 0 Å². The van der Waals surface area contributed by atoms with Gasteiger partial charge in [0.05, 0.1) is 6.26 Å². The molecule has 0 radical (unpaired) electrons. The van der Waals surface area contributed by atoms with E-state index < -0.39 is 15.7 Å². The molecule has 3 rings (SSSR count). The third-order valence-electron chi connectivity index (χ3n) is 4.54. The molecule has 0 unspecified atom stereocenters. The monoisotopic (exact) mass is 290 g/mol. The van der Waals surface area contributed by atoms with Gasteiger partial charge in [-0.05, 0) is 37.5 Å². The van der Waals surface area contributed by atoms with Gasteiger partial charge in [0.2, 0.25) is 10.0 Å². The Hall–Kier alpha value is -0.690. The number of nitrogens with one attached hydrogen (secondary N) is 1. The molecule has 1 heterocycles. The van der Waals surface area contributed by atoms with Crippen LogP contribution < -0.4 is 4.72 Å². The molecule has 0 aromatic carbocycles. The minimum atomic E-state index is -3.16. The van der Waals surface area contributed by atoms with Gasteiger partial charge in [0.1, 0.15) is 0 Å². The summed E-state index contributed by atoms with van der Waals surface area (Å²) in [5.41, 5.74) is -1.57. The van der Waals surface area contributed by atoms with Crippen molar-refractivity contribution in [3.8, 4) is 0 Å². The number of rotatable bonds is 3. The zero-order valence-electron chi connectivity index (χ0n) is 11.0. The Kier molecular flexibility index (Phi) is 2.74. The minimum Gasteiger partial charge on any atom is -0.339 e. The lowest BCUT2D eigenvalue weighted by Crippen LogP contribution is -2.52. The van der Waals surface area contributed by atoms with Crippen LogP contribution in [0.5, 0.6) is 0 Å². The molecule has 7 heteroatoms. The van der Waals surface area contributed by atoms with Crippen LogP contribution >= 0.6 is 0 Å². The second kappa shape index (κ2) is 3.91. The smallest absolute Gasteiger partial charge is 0.260 e. The van der Waals surface area contributed by atoms with Crippen LogP contribution in [0.1, 0.15) is 32.1 Å². The van der Waals surface area contributed by atoms with Crippen LogP contribution in [0.4, 0.5) is 4.39 Å². The van der Waals surface area contributed by atoms with E-state index in [9.17, 15) is 17.6 Å². The maximum atomic E-state index is 13.7. The summed E-state index contributed by atoms with van der Waals surface area (Å²) in [5, 5.41) is 0. The minimum absolute atomic E-state index is 0.0171. The van der Waals surface area contributed by atoms with E-state index >= 15 is 0 Å². The molecule has 0 bridgehead atoms. The molecule has 2 aliphatic carbocycles. The fraction of sp³-hybridized carbons (Fsp3) is 0.917. The Labute approximate surface area is 112 Å². The predicted molar refractivity (Wildman–Crippen MR) is 67.7 cm³/mol. The number of hydrogen-bond donors (Lipinski definition) is 1. The molecule has 3 aliphatic rings. The lowest BCUT2D eigenvalue weighted by molar-refractivity contribution is -0.137. The van der Waals surface area contributed by atoms with E-state index in [4.69, 9.17) is 0 Å². The molecule has 1 spiro atoms. The van der Waals surface area contributed by atoms with Crippen molar-refractivity contribution in [1.82, 2.24) is 9.62 Å². The number of nitrogens with zero attached hydrogens (tertiary/aromatic N) is 1. The Balaban J connectivity index is 1.55. The average Bonchev–Trinajstić information content (AvgIpc) is 2.84. The first-order valence-electron chi connectivity index (χ1n) is 6.67. The highest BCUT2D eigenvalue weighted by Gasteiger charge is 2.57. The lowest BCUT2D eigenvalue weighted by atomic mass is 9.65. The summed E-state index contributed by atoms with van der Waals surface area (Å²) in [7, 11) is -3.16. The van der Waals surface area contributed by atoms with Gasteiger partial charge < -0.3 is 4.90 Å². The van der Waals surface area contributed by atoms with Gasteiger partial charge in [-0.1, -0.05) is 0 Å². The fourth-order valence-corrected chi connectivity index (χ4v) is 4.19. The van der Waals surface area contributed by atoms with Crippen molar-refractivity contribution in [2.45, 2.75) is 43.8 Å². The van der Waals surface area contributed by atoms with Crippen molar-refractivity contribution in [3.05, 3.63) is 0 Å². The van der Waals surface area contributed by atoms with E-state index in [0.717, 1.165) is 25.5 Å². The van der Waals surface area contributed by atoms with Crippen molar-refractivity contribution >= 4 is 15.9 Å². The van der Waals surface area contributed by atoms with Crippen LogP contribution in [0.25, 0.3) is 0 Å². The van der Waals surface area contributed by atoms with Crippen LogP contribution in [0.2, 0.25) is 0 Å². The Bertz CT molecular complexity index is 509. The highest BCUT2D eigenvalue weighted by atomic mass is 32.2. The molecule has 1 aliphatic heterocycles. The molecule has 2 saturated carbocycles. The van der Waals surface area contributed by atoms with E-state index in [2.05, 4.69) is 4.72 Å². The first-order chi connectivity index (χ1) is 8.72. The van der Waals surface area contributed by atoms with Crippen LogP contribution in [-0.4, -0.2) is 50.3 Å². The number of carbonyl (C=O) groups excluding carboxylic acids is 1. The Morgan fingerprint density at radius 3 is 2.47 bits per heavy atom. The van der Waals surface area contributed by atoms with Crippen LogP contribution in [0.15, 0.2) is 0 Å². The molecule has 1 saturated heterocycles. The molecular weight excluding hydrogens is 271 g/mol. The number of carbonyl (C=O) groups is 1. The Morgan fingerprint density at radius 1 is 1.32 bits per heavy atom. The van der Waals surface area contributed by atoms with Crippen molar-refractivity contribution in [3.63, 3.8) is 0 Å².